The lowest BCUT2D eigenvalue weighted by molar-refractivity contribution is -0.118. The Morgan fingerprint density at radius 1 is 1.00 bits per heavy atom. The van der Waals surface area contributed by atoms with Crippen molar-refractivity contribution in [3.63, 3.8) is 0 Å². The molecule has 0 aliphatic carbocycles. The van der Waals surface area contributed by atoms with E-state index < -0.39 is 5.97 Å². The molecule has 0 spiro atoms. The summed E-state index contributed by atoms with van der Waals surface area (Å²) in [7, 11) is 0. The SMILES string of the molecule is CCOCCOC(=O)c1cccc(NC(=O)COc2c(C)cccc2C)c1. The molecule has 0 atom stereocenters. The van der Waals surface area contributed by atoms with Crippen molar-refractivity contribution >= 4 is 17.6 Å². The number of carbonyl (C=O) groups excluding carboxylic acids is 2. The number of aryl methyl sites for hydroxylation is 2. The first-order valence-electron chi connectivity index (χ1n) is 8.85. The molecule has 6 heteroatoms. The van der Waals surface area contributed by atoms with E-state index in [2.05, 4.69) is 5.32 Å². The number of para-hydroxylation sites is 1. The maximum atomic E-state index is 12.2. The number of amides is 1. The molecule has 6 nitrogen and oxygen atoms in total. The van der Waals surface area contributed by atoms with Gasteiger partial charge < -0.3 is 19.5 Å². The Bertz CT molecular complexity index is 768. The Kier molecular flexibility index (Phi) is 7.82. The van der Waals surface area contributed by atoms with Gasteiger partial charge in [-0.3, -0.25) is 4.79 Å². The van der Waals surface area contributed by atoms with Crippen LogP contribution in [0.1, 0.15) is 28.4 Å². The minimum Gasteiger partial charge on any atom is -0.483 e. The molecular formula is C21H25NO5. The first-order valence-corrected chi connectivity index (χ1v) is 8.85. The van der Waals surface area contributed by atoms with E-state index in [0.717, 1.165) is 11.1 Å². The van der Waals surface area contributed by atoms with Crippen LogP contribution < -0.4 is 10.1 Å². The molecular weight excluding hydrogens is 346 g/mol. The van der Waals surface area contributed by atoms with Gasteiger partial charge in [0.1, 0.15) is 12.4 Å². The maximum Gasteiger partial charge on any atom is 0.338 e. The quantitative estimate of drug-likeness (QED) is 0.539. The highest BCUT2D eigenvalue weighted by Gasteiger charge is 2.11. The fraction of sp³-hybridized carbons (Fsp3) is 0.333. The van der Waals surface area contributed by atoms with Gasteiger partial charge >= 0.3 is 5.97 Å². The van der Waals surface area contributed by atoms with Crippen LogP contribution in [0.5, 0.6) is 5.75 Å². The van der Waals surface area contributed by atoms with Crippen LogP contribution in [-0.2, 0) is 14.3 Å². The highest BCUT2D eigenvalue weighted by atomic mass is 16.6. The molecule has 27 heavy (non-hydrogen) atoms. The summed E-state index contributed by atoms with van der Waals surface area (Å²) in [5, 5.41) is 2.73. The lowest BCUT2D eigenvalue weighted by Crippen LogP contribution is -2.21. The number of esters is 1. The fourth-order valence-electron chi connectivity index (χ4n) is 2.51. The average molecular weight is 371 g/mol. The molecule has 2 rings (SSSR count). The van der Waals surface area contributed by atoms with E-state index in [9.17, 15) is 9.59 Å². The number of nitrogens with one attached hydrogen (secondary N) is 1. The van der Waals surface area contributed by atoms with Gasteiger partial charge in [-0.2, -0.15) is 0 Å². The van der Waals surface area contributed by atoms with Crippen LogP contribution in [0.25, 0.3) is 0 Å². The number of benzene rings is 2. The number of hydrogen-bond donors (Lipinski definition) is 1. The van der Waals surface area contributed by atoms with Gasteiger partial charge in [0.2, 0.25) is 0 Å². The van der Waals surface area contributed by atoms with Crippen LogP contribution in [0.4, 0.5) is 5.69 Å². The molecule has 2 aromatic carbocycles. The van der Waals surface area contributed by atoms with Crippen molar-refractivity contribution in [2.45, 2.75) is 20.8 Å². The van der Waals surface area contributed by atoms with Crippen LogP contribution >= 0.6 is 0 Å². The van der Waals surface area contributed by atoms with Crippen LogP contribution in [0.3, 0.4) is 0 Å². The van der Waals surface area contributed by atoms with Gasteiger partial charge in [0.15, 0.2) is 6.61 Å². The molecule has 0 unspecified atom stereocenters. The number of rotatable bonds is 9. The van der Waals surface area contributed by atoms with Gasteiger partial charge in [-0.25, -0.2) is 4.79 Å². The first-order chi connectivity index (χ1) is 13.0. The number of carbonyl (C=O) groups is 2. The van der Waals surface area contributed by atoms with Crippen molar-refractivity contribution in [2.75, 3.05) is 31.7 Å². The van der Waals surface area contributed by atoms with Crippen LogP contribution in [0.15, 0.2) is 42.5 Å². The third kappa shape index (κ3) is 6.42. The van der Waals surface area contributed by atoms with E-state index in [1.165, 1.54) is 0 Å². The predicted octanol–water partition coefficient (Wildman–Crippen LogP) is 3.51. The largest absolute Gasteiger partial charge is 0.483 e. The van der Waals surface area contributed by atoms with Gasteiger partial charge in [-0.15, -0.1) is 0 Å². The molecule has 1 N–H and O–H groups in total. The van der Waals surface area contributed by atoms with Crippen LogP contribution in [0, 0.1) is 13.8 Å². The predicted molar refractivity (Wildman–Crippen MR) is 103 cm³/mol. The summed E-state index contributed by atoms with van der Waals surface area (Å²) in [5.74, 6) is -0.0589. The third-order valence-electron chi connectivity index (χ3n) is 3.80. The molecule has 0 heterocycles. The van der Waals surface area contributed by atoms with E-state index in [1.54, 1.807) is 24.3 Å². The monoisotopic (exact) mass is 371 g/mol. The maximum absolute atomic E-state index is 12.2. The van der Waals surface area contributed by atoms with E-state index in [1.807, 2.05) is 39.0 Å². The highest BCUT2D eigenvalue weighted by Crippen LogP contribution is 2.22. The Balaban J connectivity index is 1.89. The average Bonchev–Trinajstić information content (AvgIpc) is 2.65. The zero-order chi connectivity index (χ0) is 19.6. The number of ether oxygens (including phenoxy) is 3. The summed E-state index contributed by atoms with van der Waals surface area (Å²) < 4.78 is 15.9. The second kappa shape index (κ2) is 10.3. The van der Waals surface area contributed by atoms with Gasteiger partial charge in [-0.05, 0) is 50.1 Å². The van der Waals surface area contributed by atoms with Crippen molar-refractivity contribution in [1.29, 1.82) is 0 Å². The topological polar surface area (TPSA) is 73.9 Å². The fourth-order valence-corrected chi connectivity index (χ4v) is 2.51. The summed E-state index contributed by atoms with van der Waals surface area (Å²) in [5.41, 5.74) is 2.81. The summed E-state index contributed by atoms with van der Waals surface area (Å²) in [6.07, 6.45) is 0. The van der Waals surface area contributed by atoms with E-state index in [0.29, 0.717) is 30.2 Å². The van der Waals surface area contributed by atoms with Crippen molar-refractivity contribution in [1.82, 2.24) is 0 Å². The first kappa shape index (κ1) is 20.5. The van der Waals surface area contributed by atoms with Crippen molar-refractivity contribution < 1.29 is 23.8 Å². The van der Waals surface area contributed by atoms with E-state index in [-0.39, 0.29) is 19.1 Å². The highest BCUT2D eigenvalue weighted by molar-refractivity contribution is 5.95. The molecule has 2 aromatic rings. The molecule has 0 radical (unpaired) electrons. The van der Waals surface area contributed by atoms with Gasteiger partial charge in [0.25, 0.3) is 5.91 Å². The third-order valence-corrected chi connectivity index (χ3v) is 3.80. The smallest absolute Gasteiger partial charge is 0.338 e. The zero-order valence-electron chi connectivity index (χ0n) is 15.9. The normalized spacial score (nSPS) is 10.3. The lowest BCUT2D eigenvalue weighted by Gasteiger charge is -2.12. The van der Waals surface area contributed by atoms with Crippen LogP contribution in [-0.4, -0.2) is 38.3 Å². The molecule has 0 saturated heterocycles. The Morgan fingerprint density at radius 3 is 2.41 bits per heavy atom. The molecule has 0 aromatic heterocycles. The molecule has 0 bridgehead atoms. The number of hydrogen-bond acceptors (Lipinski definition) is 5. The summed E-state index contributed by atoms with van der Waals surface area (Å²) in [4.78, 5) is 24.2. The standard InChI is InChI=1S/C21H25NO5/c1-4-25-11-12-26-21(24)17-9-6-10-18(13-17)22-19(23)14-27-20-15(2)7-5-8-16(20)3/h5-10,13H,4,11-12,14H2,1-3H3,(H,22,23). The number of anilines is 1. The van der Waals surface area contributed by atoms with Crippen molar-refractivity contribution in [2.24, 2.45) is 0 Å². The van der Waals surface area contributed by atoms with Gasteiger partial charge in [0.05, 0.1) is 12.2 Å². The molecule has 0 aliphatic heterocycles. The van der Waals surface area contributed by atoms with Crippen LogP contribution in [0.2, 0.25) is 0 Å². The minimum absolute atomic E-state index is 0.116. The lowest BCUT2D eigenvalue weighted by atomic mass is 10.1. The molecule has 0 fully saturated rings. The van der Waals surface area contributed by atoms with E-state index >= 15 is 0 Å². The minimum atomic E-state index is -0.461. The zero-order valence-corrected chi connectivity index (χ0v) is 15.9. The Hall–Kier alpha value is -2.86. The summed E-state index contributed by atoms with van der Waals surface area (Å²) >= 11 is 0. The molecule has 0 aliphatic rings. The van der Waals surface area contributed by atoms with Crippen molar-refractivity contribution in [3.05, 3.63) is 59.2 Å². The molecule has 0 saturated carbocycles. The van der Waals surface area contributed by atoms with Gasteiger partial charge in [-0.1, -0.05) is 24.3 Å². The Morgan fingerprint density at radius 2 is 1.70 bits per heavy atom. The second-order valence-electron chi connectivity index (χ2n) is 5.97. The molecule has 144 valence electrons. The van der Waals surface area contributed by atoms with Crippen molar-refractivity contribution in [3.8, 4) is 5.75 Å². The summed E-state index contributed by atoms with van der Waals surface area (Å²) in [6.45, 7) is 6.74. The Labute approximate surface area is 159 Å². The molecule has 1 amide bonds. The van der Waals surface area contributed by atoms with E-state index in [4.69, 9.17) is 14.2 Å². The van der Waals surface area contributed by atoms with Gasteiger partial charge in [0, 0.05) is 12.3 Å². The summed E-state index contributed by atoms with van der Waals surface area (Å²) in [6, 6.07) is 12.4. The second-order valence-corrected chi connectivity index (χ2v) is 5.97.